The van der Waals surface area contributed by atoms with Gasteiger partial charge in [0.25, 0.3) is 0 Å². The summed E-state index contributed by atoms with van der Waals surface area (Å²) in [6, 6.07) is 1.43. The summed E-state index contributed by atoms with van der Waals surface area (Å²) in [4.78, 5) is 3.37. The number of hydrogen-bond donors (Lipinski definition) is 0. The van der Waals surface area contributed by atoms with E-state index in [0.29, 0.717) is 0 Å². The summed E-state index contributed by atoms with van der Waals surface area (Å²) in [7, 11) is 0. The van der Waals surface area contributed by atoms with Crippen molar-refractivity contribution in [1.29, 1.82) is 5.26 Å². The SMILES string of the molecule is N#CCc1c(CCl)ncc(OC(F)(F)F)c1C(F)(F)F. The van der Waals surface area contributed by atoms with Gasteiger partial charge in [0.05, 0.1) is 30.3 Å². The van der Waals surface area contributed by atoms with Crippen LogP contribution in [-0.2, 0) is 18.5 Å². The normalized spacial score (nSPS) is 12.1. The van der Waals surface area contributed by atoms with E-state index in [0.717, 1.165) is 0 Å². The van der Waals surface area contributed by atoms with Crippen molar-refractivity contribution in [3.63, 3.8) is 0 Å². The van der Waals surface area contributed by atoms with E-state index in [1.807, 2.05) is 0 Å². The fourth-order valence-electron chi connectivity index (χ4n) is 1.47. The Morgan fingerprint density at radius 3 is 2.25 bits per heavy atom. The summed E-state index contributed by atoms with van der Waals surface area (Å²) in [6.07, 6.45) is -11.0. The predicted octanol–water partition coefficient (Wildman–Crippen LogP) is 3.80. The van der Waals surface area contributed by atoms with Gasteiger partial charge in [-0.2, -0.15) is 18.4 Å². The fraction of sp³-hybridized carbons (Fsp3) is 0.400. The van der Waals surface area contributed by atoms with E-state index < -0.39 is 41.7 Å². The van der Waals surface area contributed by atoms with Gasteiger partial charge in [-0.1, -0.05) is 0 Å². The molecule has 0 atom stereocenters. The number of ether oxygens (including phenoxy) is 1. The molecule has 0 bridgehead atoms. The molecule has 0 N–H and O–H groups in total. The summed E-state index contributed by atoms with van der Waals surface area (Å²) < 4.78 is 78.3. The first-order chi connectivity index (χ1) is 9.10. The lowest BCUT2D eigenvalue weighted by Gasteiger charge is -2.18. The molecule has 0 unspecified atom stereocenters. The number of halogens is 7. The molecule has 0 saturated carbocycles. The third kappa shape index (κ3) is 3.90. The van der Waals surface area contributed by atoms with Gasteiger partial charge in [-0.3, -0.25) is 4.98 Å². The highest BCUT2D eigenvalue weighted by Crippen LogP contribution is 2.41. The maximum Gasteiger partial charge on any atom is 0.573 e. The van der Waals surface area contributed by atoms with Gasteiger partial charge in [-0.15, -0.1) is 24.8 Å². The van der Waals surface area contributed by atoms with E-state index in [-0.39, 0.29) is 11.9 Å². The first-order valence-electron chi connectivity index (χ1n) is 4.86. The maximum atomic E-state index is 12.9. The van der Waals surface area contributed by atoms with Crippen LogP contribution in [0.25, 0.3) is 0 Å². The molecule has 10 heteroatoms. The van der Waals surface area contributed by atoms with Crippen LogP contribution >= 0.6 is 11.6 Å². The van der Waals surface area contributed by atoms with Crippen molar-refractivity contribution in [2.75, 3.05) is 0 Å². The molecule has 0 aliphatic heterocycles. The smallest absolute Gasteiger partial charge is 0.403 e. The molecule has 110 valence electrons. The van der Waals surface area contributed by atoms with Crippen molar-refractivity contribution in [1.82, 2.24) is 4.98 Å². The number of nitriles is 1. The van der Waals surface area contributed by atoms with Gasteiger partial charge >= 0.3 is 12.5 Å². The third-order valence-electron chi connectivity index (χ3n) is 2.13. The van der Waals surface area contributed by atoms with Crippen LogP contribution in [0.15, 0.2) is 6.20 Å². The summed E-state index contributed by atoms with van der Waals surface area (Å²) in [5.41, 5.74) is -2.74. The monoisotopic (exact) mass is 318 g/mol. The Labute approximate surface area is 113 Å². The highest BCUT2D eigenvalue weighted by molar-refractivity contribution is 6.17. The number of aromatic nitrogens is 1. The topological polar surface area (TPSA) is 45.9 Å². The summed E-state index contributed by atoms with van der Waals surface area (Å²) >= 11 is 5.37. The molecule has 0 spiro atoms. The molecule has 1 aromatic rings. The lowest BCUT2D eigenvalue weighted by Crippen LogP contribution is -2.22. The van der Waals surface area contributed by atoms with Crippen LogP contribution in [0, 0.1) is 11.3 Å². The average molecular weight is 319 g/mol. The van der Waals surface area contributed by atoms with E-state index in [4.69, 9.17) is 16.9 Å². The molecule has 0 aromatic carbocycles. The van der Waals surface area contributed by atoms with Crippen LogP contribution < -0.4 is 4.74 Å². The average Bonchev–Trinajstić information content (AvgIpc) is 2.25. The van der Waals surface area contributed by atoms with Gasteiger partial charge in [-0.25, -0.2) is 0 Å². The third-order valence-corrected chi connectivity index (χ3v) is 2.38. The van der Waals surface area contributed by atoms with Crippen molar-refractivity contribution in [2.24, 2.45) is 0 Å². The molecule has 0 fully saturated rings. The molecule has 3 nitrogen and oxygen atoms in total. The lowest BCUT2D eigenvalue weighted by molar-refractivity contribution is -0.276. The molecule has 1 rings (SSSR count). The van der Waals surface area contributed by atoms with Gasteiger partial charge in [0.15, 0.2) is 5.75 Å². The van der Waals surface area contributed by atoms with Gasteiger partial charge < -0.3 is 4.74 Å². The second-order valence-electron chi connectivity index (χ2n) is 3.44. The van der Waals surface area contributed by atoms with Crippen LogP contribution in [0.3, 0.4) is 0 Å². The van der Waals surface area contributed by atoms with Crippen LogP contribution in [0.1, 0.15) is 16.8 Å². The molecular formula is C10H5ClF6N2O. The molecule has 0 aliphatic carbocycles. The second-order valence-corrected chi connectivity index (χ2v) is 3.70. The highest BCUT2D eigenvalue weighted by atomic mass is 35.5. The van der Waals surface area contributed by atoms with E-state index in [1.165, 1.54) is 6.07 Å². The zero-order chi connectivity index (χ0) is 15.6. The molecule has 1 aromatic heterocycles. The summed E-state index contributed by atoms with van der Waals surface area (Å²) in [5, 5.41) is 8.50. The summed E-state index contributed by atoms with van der Waals surface area (Å²) in [6.45, 7) is 0. The quantitative estimate of drug-likeness (QED) is 0.629. The van der Waals surface area contributed by atoms with Crippen molar-refractivity contribution >= 4 is 11.6 Å². The van der Waals surface area contributed by atoms with E-state index in [1.54, 1.807) is 0 Å². The minimum absolute atomic E-state index is 0.287. The van der Waals surface area contributed by atoms with E-state index >= 15 is 0 Å². The second kappa shape index (κ2) is 5.75. The summed E-state index contributed by atoms with van der Waals surface area (Å²) in [5.74, 6) is -1.99. The zero-order valence-corrected chi connectivity index (χ0v) is 10.2. The van der Waals surface area contributed by atoms with Gasteiger partial charge in [0.2, 0.25) is 0 Å². The van der Waals surface area contributed by atoms with E-state index in [9.17, 15) is 26.3 Å². The molecule has 20 heavy (non-hydrogen) atoms. The minimum Gasteiger partial charge on any atom is -0.403 e. The van der Waals surface area contributed by atoms with Gasteiger partial charge in [-0.05, 0) is 0 Å². The Morgan fingerprint density at radius 1 is 1.25 bits per heavy atom. The predicted molar refractivity (Wildman–Crippen MR) is 54.8 cm³/mol. The molecular weight excluding hydrogens is 314 g/mol. The first kappa shape index (κ1) is 16.4. The Hall–Kier alpha value is -1.69. The number of pyridine rings is 1. The van der Waals surface area contributed by atoms with E-state index in [2.05, 4.69) is 9.72 Å². The first-order valence-corrected chi connectivity index (χ1v) is 5.40. The Bertz CT molecular complexity index is 534. The van der Waals surface area contributed by atoms with Crippen molar-refractivity contribution in [2.45, 2.75) is 24.8 Å². The Balaban J connectivity index is 3.54. The Kier molecular flexibility index (Phi) is 4.70. The number of alkyl halides is 7. The largest absolute Gasteiger partial charge is 0.573 e. The highest BCUT2D eigenvalue weighted by Gasteiger charge is 2.42. The Morgan fingerprint density at radius 2 is 1.85 bits per heavy atom. The maximum absolute atomic E-state index is 12.9. The van der Waals surface area contributed by atoms with Crippen LogP contribution in [-0.4, -0.2) is 11.3 Å². The van der Waals surface area contributed by atoms with Gasteiger partial charge in [0.1, 0.15) is 5.56 Å². The molecule has 0 radical (unpaired) electrons. The van der Waals surface area contributed by atoms with Crippen molar-refractivity contribution in [3.8, 4) is 11.8 Å². The molecule has 1 heterocycles. The van der Waals surface area contributed by atoms with Gasteiger partial charge in [0, 0.05) is 5.56 Å². The number of nitrogens with zero attached hydrogens (tertiary/aromatic N) is 2. The molecule has 0 saturated heterocycles. The zero-order valence-electron chi connectivity index (χ0n) is 9.44. The fourth-order valence-corrected chi connectivity index (χ4v) is 1.70. The van der Waals surface area contributed by atoms with Crippen LogP contribution in [0.4, 0.5) is 26.3 Å². The molecule has 0 amide bonds. The van der Waals surface area contributed by atoms with Crippen molar-refractivity contribution in [3.05, 3.63) is 23.0 Å². The van der Waals surface area contributed by atoms with Crippen molar-refractivity contribution < 1.29 is 31.1 Å². The minimum atomic E-state index is -5.31. The van der Waals surface area contributed by atoms with Crippen LogP contribution in [0.5, 0.6) is 5.75 Å². The number of hydrogen-bond acceptors (Lipinski definition) is 3. The van der Waals surface area contributed by atoms with Crippen LogP contribution in [0.2, 0.25) is 0 Å². The standard InChI is InChI=1S/C10H5ClF6N2O/c11-3-6-5(1-2-18)8(9(12,13)14)7(4-19-6)20-10(15,16)17/h4H,1,3H2. The lowest BCUT2D eigenvalue weighted by atomic mass is 10.0. The number of rotatable bonds is 3. The molecule has 0 aliphatic rings.